The molecule has 1 heterocycles. The Morgan fingerprint density at radius 1 is 1.07 bits per heavy atom. The van der Waals surface area contributed by atoms with Crippen molar-refractivity contribution in [2.45, 2.75) is 6.54 Å². The summed E-state index contributed by atoms with van der Waals surface area (Å²) in [4.78, 5) is 33.1. The molecule has 9 heteroatoms. The third kappa shape index (κ3) is 4.39. The number of hydrogen-bond donors (Lipinski definition) is 0. The summed E-state index contributed by atoms with van der Waals surface area (Å²) in [6.45, 7) is 0.365. The summed E-state index contributed by atoms with van der Waals surface area (Å²) in [5, 5.41) is 4.66. The van der Waals surface area contributed by atoms with E-state index < -0.39 is 11.6 Å². The zero-order chi connectivity index (χ0) is 22.0. The van der Waals surface area contributed by atoms with Gasteiger partial charge in [-0.15, -0.1) is 5.10 Å². The first-order valence-electron chi connectivity index (χ1n) is 9.10. The van der Waals surface area contributed by atoms with Crippen molar-refractivity contribution in [3.63, 3.8) is 0 Å². The van der Waals surface area contributed by atoms with Crippen LogP contribution in [0.4, 0.5) is 4.39 Å². The second-order valence-electron chi connectivity index (χ2n) is 7.17. The second kappa shape index (κ2) is 8.73. The zero-order valence-corrected chi connectivity index (χ0v) is 17.8. The third-order valence-electron chi connectivity index (χ3n) is 4.28. The quantitative estimate of drug-likeness (QED) is 0.563. The van der Waals surface area contributed by atoms with Crippen molar-refractivity contribution in [2.24, 2.45) is 0 Å². The lowest BCUT2D eigenvalue weighted by Crippen LogP contribution is -2.23. The van der Waals surface area contributed by atoms with Crippen molar-refractivity contribution >= 4 is 23.3 Å². The van der Waals surface area contributed by atoms with E-state index in [-0.39, 0.29) is 22.9 Å². The van der Waals surface area contributed by atoms with Crippen molar-refractivity contribution < 1.29 is 14.0 Å². The van der Waals surface area contributed by atoms with E-state index in [0.717, 1.165) is 0 Å². The Labute approximate surface area is 178 Å². The van der Waals surface area contributed by atoms with Crippen molar-refractivity contribution in [3.8, 4) is 5.69 Å². The number of carbonyl (C=O) groups excluding carboxylic acids is 2. The predicted molar refractivity (Wildman–Crippen MR) is 112 cm³/mol. The summed E-state index contributed by atoms with van der Waals surface area (Å²) in [7, 11) is 6.90. The molecule has 1 amide bonds. The van der Waals surface area contributed by atoms with Crippen LogP contribution in [-0.2, 0) is 6.54 Å². The van der Waals surface area contributed by atoms with Crippen LogP contribution in [0.15, 0.2) is 42.5 Å². The van der Waals surface area contributed by atoms with Crippen LogP contribution in [0.3, 0.4) is 0 Å². The minimum Gasteiger partial charge on any atom is -0.342 e. The van der Waals surface area contributed by atoms with Crippen LogP contribution in [0.5, 0.6) is 0 Å². The lowest BCUT2D eigenvalue weighted by Gasteiger charge is -2.14. The fourth-order valence-corrected chi connectivity index (χ4v) is 3.05. The smallest absolute Gasteiger partial charge is 0.293 e. The Morgan fingerprint density at radius 3 is 2.40 bits per heavy atom. The van der Waals surface area contributed by atoms with Gasteiger partial charge in [-0.2, -0.15) is 0 Å². The summed E-state index contributed by atoms with van der Waals surface area (Å²) in [6, 6.07) is 10.4. The molecular formula is C21H21ClFN5O2. The van der Waals surface area contributed by atoms with Crippen molar-refractivity contribution in [2.75, 3.05) is 28.2 Å². The topological polar surface area (TPSA) is 71.3 Å². The highest BCUT2D eigenvalue weighted by Gasteiger charge is 2.24. The van der Waals surface area contributed by atoms with Gasteiger partial charge in [0.1, 0.15) is 11.6 Å². The Balaban J connectivity index is 2.20. The van der Waals surface area contributed by atoms with Crippen LogP contribution in [-0.4, -0.2) is 64.4 Å². The molecule has 0 aliphatic heterocycles. The van der Waals surface area contributed by atoms with Crippen LogP contribution in [0.1, 0.15) is 32.4 Å². The average Bonchev–Trinajstić information content (AvgIpc) is 3.09. The zero-order valence-electron chi connectivity index (χ0n) is 17.1. The largest absolute Gasteiger partial charge is 0.342 e. The van der Waals surface area contributed by atoms with E-state index in [1.807, 2.05) is 19.0 Å². The van der Waals surface area contributed by atoms with E-state index in [0.29, 0.717) is 23.1 Å². The first kappa shape index (κ1) is 21.6. The Morgan fingerprint density at radius 2 is 1.77 bits per heavy atom. The van der Waals surface area contributed by atoms with E-state index in [1.54, 1.807) is 32.3 Å². The number of hydrogen-bond acceptors (Lipinski definition) is 5. The number of ketones is 1. The number of nitrogens with zero attached hydrogens (tertiary/aromatic N) is 5. The summed E-state index contributed by atoms with van der Waals surface area (Å²) in [5.74, 6) is -1.10. The van der Waals surface area contributed by atoms with Gasteiger partial charge < -0.3 is 9.80 Å². The molecule has 1 aromatic heterocycles. The molecule has 0 atom stereocenters. The molecular weight excluding hydrogens is 409 g/mol. The summed E-state index contributed by atoms with van der Waals surface area (Å²) in [5.41, 5.74) is 0.427. The molecule has 30 heavy (non-hydrogen) atoms. The molecule has 0 saturated heterocycles. The molecule has 0 unspecified atom stereocenters. The van der Waals surface area contributed by atoms with Crippen LogP contribution in [0, 0.1) is 5.82 Å². The first-order valence-corrected chi connectivity index (χ1v) is 9.48. The molecule has 3 rings (SSSR count). The molecule has 0 aliphatic carbocycles. The van der Waals surface area contributed by atoms with E-state index >= 15 is 0 Å². The van der Waals surface area contributed by atoms with Gasteiger partial charge in [-0.1, -0.05) is 23.7 Å². The molecule has 0 fully saturated rings. The van der Waals surface area contributed by atoms with Crippen LogP contribution >= 0.6 is 11.6 Å². The SMILES string of the molecule is CN(C)Cc1nc(C(=O)N(C)C)nn1-c1ccc(Cl)cc1C(=O)c1ccccc1F. The fourth-order valence-electron chi connectivity index (χ4n) is 2.88. The number of rotatable bonds is 6. The minimum atomic E-state index is -0.635. The van der Waals surface area contributed by atoms with Crippen LogP contribution < -0.4 is 0 Å². The molecule has 0 saturated carbocycles. The van der Waals surface area contributed by atoms with E-state index in [2.05, 4.69) is 10.1 Å². The van der Waals surface area contributed by atoms with Gasteiger partial charge in [-0.3, -0.25) is 9.59 Å². The van der Waals surface area contributed by atoms with Gasteiger partial charge >= 0.3 is 0 Å². The average molecular weight is 430 g/mol. The van der Waals surface area contributed by atoms with E-state index in [4.69, 9.17) is 11.6 Å². The van der Waals surface area contributed by atoms with Gasteiger partial charge in [-0.05, 0) is 44.4 Å². The highest BCUT2D eigenvalue weighted by Crippen LogP contribution is 2.25. The van der Waals surface area contributed by atoms with E-state index in [1.165, 1.54) is 33.8 Å². The Bertz CT molecular complexity index is 1110. The molecule has 0 bridgehead atoms. The molecule has 0 N–H and O–H groups in total. The monoisotopic (exact) mass is 429 g/mol. The van der Waals surface area contributed by atoms with Gasteiger partial charge in [-0.25, -0.2) is 14.1 Å². The molecule has 2 aromatic carbocycles. The second-order valence-corrected chi connectivity index (χ2v) is 7.61. The normalized spacial score (nSPS) is 11.0. The summed E-state index contributed by atoms with van der Waals surface area (Å²) in [6.07, 6.45) is 0. The molecule has 0 spiro atoms. The third-order valence-corrected chi connectivity index (χ3v) is 4.51. The lowest BCUT2D eigenvalue weighted by molar-refractivity contribution is 0.0815. The van der Waals surface area contributed by atoms with Crippen molar-refractivity contribution in [1.29, 1.82) is 0 Å². The van der Waals surface area contributed by atoms with Gasteiger partial charge in [0, 0.05) is 24.7 Å². The van der Waals surface area contributed by atoms with Crippen molar-refractivity contribution in [3.05, 3.63) is 76.1 Å². The lowest BCUT2D eigenvalue weighted by atomic mass is 10.0. The highest BCUT2D eigenvalue weighted by atomic mass is 35.5. The van der Waals surface area contributed by atoms with Gasteiger partial charge in [0.05, 0.1) is 17.8 Å². The number of aromatic nitrogens is 3. The molecule has 3 aromatic rings. The highest BCUT2D eigenvalue weighted by molar-refractivity contribution is 6.31. The first-order chi connectivity index (χ1) is 14.2. The maximum Gasteiger partial charge on any atom is 0.293 e. The number of halogens is 2. The van der Waals surface area contributed by atoms with Crippen molar-refractivity contribution in [1.82, 2.24) is 24.6 Å². The molecule has 0 radical (unpaired) electrons. The number of carbonyl (C=O) groups is 2. The standard InChI is InChI=1S/C21H21ClFN5O2/c1-26(2)12-18-24-20(21(30)27(3)4)25-28(18)17-10-9-13(22)11-15(17)19(29)14-7-5-6-8-16(14)23/h5-11H,12H2,1-4H3. The summed E-state index contributed by atoms with van der Waals surface area (Å²) < 4.78 is 15.7. The van der Waals surface area contributed by atoms with Gasteiger partial charge in [0.25, 0.3) is 5.91 Å². The molecule has 7 nitrogen and oxygen atoms in total. The number of benzene rings is 2. The van der Waals surface area contributed by atoms with Gasteiger partial charge in [0.2, 0.25) is 5.82 Å². The van der Waals surface area contributed by atoms with Crippen LogP contribution in [0.2, 0.25) is 5.02 Å². The van der Waals surface area contributed by atoms with Crippen LogP contribution in [0.25, 0.3) is 5.69 Å². The van der Waals surface area contributed by atoms with E-state index in [9.17, 15) is 14.0 Å². The molecule has 156 valence electrons. The Kier molecular flexibility index (Phi) is 6.28. The Hall–Kier alpha value is -3.10. The van der Waals surface area contributed by atoms with Gasteiger partial charge in [0.15, 0.2) is 5.78 Å². The molecule has 0 aliphatic rings. The summed E-state index contributed by atoms with van der Waals surface area (Å²) >= 11 is 6.14. The number of amides is 1. The fraction of sp³-hybridized carbons (Fsp3) is 0.238. The predicted octanol–water partition coefficient (Wildman–Crippen LogP) is 3.05. The minimum absolute atomic E-state index is 0.00362. The maximum absolute atomic E-state index is 14.3. The maximum atomic E-state index is 14.3.